The predicted octanol–water partition coefficient (Wildman–Crippen LogP) is 2.93. The second kappa shape index (κ2) is 7.36. The minimum absolute atomic E-state index is 0.0161. The van der Waals surface area contributed by atoms with E-state index in [1.54, 1.807) is 17.1 Å². The Labute approximate surface area is 147 Å². The standard InChI is InChI=1S/C18H23ClN4O/c1-13(20)17-8-4-5-9-23(17)18(24)15-10-21-22(12-15)11-14-6-2-3-7-16(14)19/h2-3,6-7,10,12-13,17H,4-5,8-9,11,20H2,1H3. The molecule has 5 nitrogen and oxygen atoms in total. The summed E-state index contributed by atoms with van der Waals surface area (Å²) in [5.74, 6) is 0.0161. The first-order valence-corrected chi connectivity index (χ1v) is 8.76. The van der Waals surface area contributed by atoms with Crippen LogP contribution in [0.15, 0.2) is 36.7 Å². The molecule has 3 rings (SSSR count). The molecule has 2 heterocycles. The number of amides is 1. The molecule has 0 saturated carbocycles. The fourth-order valence-corrected chi connectivity index (χ4v) is 3.48. The van der Waals surface area contributed by atoms with Gasteiger partial charge in [-0.1, -0.05) is 29.8 Å². The molecule has 1 aliphatic rings. The average Bonchev–Trinajstić information content (AvgIpc) is 3.05. The monoisotopic (exact) mass is 346 g/mol. The van der Waals surface area contributed by atoms with Crippen molar-refractivity contribution in [2.45, 2.75) is 44.8 Å². The summed E-state index contributed by atoms with van der Waals surface area (Å²) < 4.78 is 1.75. The quantitative estimate of drug-likeness (QED) is 0.925. The summed E-state index contributed by atoms with van der Waals surface area (Å²) in [5.41, 5.74) is 7.65. The number of halogens is 1. The van der Waals surface area contributed by atoms with E-state index in [2.05, 4.69) is 5.10 Å². The molecule has 0 radical (unpaired) electrons. The minimum atomic E-state index is -0.0209. The van der Waals surface area contributed by atoms with Gasteiger partial charge in [-0.15, -0.1) is 0 Å². The summed E-state index contributed by atoms with van der Waals surface area (Å²) in [7, 11) is 0. The van der Waals surface area contributed by atoms with Gasteiger partial charge in [0.25, 0.3) is 5.91 Å². The highest BCUT2D eigenvalue weighted by Gasteiger charge is 2.30. The lowest BCUT2D eigenvalue weighted by molar-refractivity contribution is 0.0583. The Balaban J connectivity index is 1.75. The summed E-state index contributed by atoms with van der Waals surface area (Å²) in [6, 6.07) is 7.74. The molecule has 0 spiro atoms. The number of nitrogens with two attached hydrogens (primary N) is 1. The molecule has 24 heavy (non-hydrogen) atoms. The average molecular weight is 347 g/mol. The van der Waals surface area contributed by atoms with Crippen molar-refractivity contribution in [3.05, 3.63) is 52.8 Å². The number of hydrogen-bond donors (Lipinski definition) is 1. The number of benzene rings is 1. The van der Waals surface area contributed by atoms with E-state index in [9.17, 15) is 4.79 Å². The van der Waals surface area contributed by atoms with Crippen molar-refractivity contribution < 1.29 is 4.79 Å². The van der Waals surface area contributed by atoms with Crippen molar-refractivity contribution in [1.82, 2.24) is 14.7 Å². The van der Waals surface area contributed by atoms with Gasteiger partial charge in [0.2, 0.25) is 0 Å². The molecule has 1 aliphatic heterocycles. The van der Waals surface area contributed by atoms with Crippen LogP contribution in [0.2, 0.25) is 5.02 Å². The Morgan fingerprint density at radius 3 is 2.96 bits per heavy atom. The number of likely N-dealkylation sites (tertiary alicyclic amines) is 1. The lowest BCUT2D eigenvalue weighted by Gasteiger charge is -2.37. The number of aromatic nitrogens is 2. The fraction of sp³-hybridized carbons (Fsp3) is 0.444. The lowest BCUT2D eigenvalue weighted by atomic mass is 9.96. The van der Waals surface area contributed by atoms with Gasteiger partial charge in [0.15, 0.2) is 0 Å². The molecule has 2 atom stereocenters. The summed E-state index contributed by atoms with van der Waals surface area (Å²) in [5, 5.41) is 5.02. The molecule has 2 aromatic rings. The van der Waals surface area contributed by atoms with E-state index >= 15 is 0 Å². The second-order valence-corrected chi connectivity index (χ2v) is 6.85. The van der Waals surface area contributed by atoms with Crippen LogP contribution in [0.5, 0.6) is 0 Å². The number of carbonyl (C=O) groups excluding carboxylic acids is 1. The molecular weight excluding hydrogens is 324 g/mol. The topological polar surface area (TPSA) is 64.2 Å². The van der Waals surface area contributed by atoms with Crippen LogP contribution in [0.4, 0.5) is 0 Å². The van der Waals surface area contributed by atoms with Crippen molar-refractivity contribution >= 4 is 17.5 Å². The first kappa shape index (κ1) is 17.0. The predicted molar refractivity (Wildman–Crippen MR) is 95.1 cm³/mol. The number of rotatable bonds is 4. The highest BCUT2D eigenvalue weighted by atomic mass is 35.5. The van der Waals surface area contributed by atoms with Gasteiger partial charge in [0.1, 0.15) is 0 Å². The lowest BCUT2D eigenvalue weighted by Crippen LogP contribution is -2.51. The normalized spacial score (nSPS) is 19.3. The summed E-state index contributed by atoms with van der Waals surface area (Å²) in [6.45, 7) is 3.28. The Morgan fingerprint density at radius 1 is 1.42 bits per heavy atom. The summed E-state index contributed by atoms with van der Waals surface area (Å²) >= 11 is 6.19. The van der Waals surface area contributed by atoms with Gasteiger partial charge >= 0.3 is 0 Å². The molecule has 0 aliphatic carbocycles. The van der Waals surface area contributed by atoms with E-state index < -0.39 is 0 Å². The van der Waals surface area contributed by atoms with Gasteiger partial charge in [-0.3, -0.25) is 9.48 Å². The Bertz CT molecular complexity index is 713. The third-order valence-electron chi connectivity index (χ3n) is 4.59. The van der Waals surface area contributed by atoms with Crippen molar-refractivity contribution in [3.63, 3.8) is 0 Å². The van der Waals surface area contributed by atoms with Crippen LogP contribution >= 0.6 is 11.6 Å². The third kappa shape index (κ3) is 3.62. The van der Waals surface area contributed by atoms with Crippen molar-refractivity contribution in [2.24, 2.45) is 5.73 Å². The SMILES string of the molecule is CC(N)C1CCCCN1C(=O)c1cnn(Cc2ccccc2Cl)c1. The molecule has 1 aromatic carbocycles. The Kier molecular flexibility index (Phi) is 5.21. The first-order chi connectivity index (χ1) is 11.6. The van der Waals surface area contributed by atoms with Crippen LogP contribution in [0.1, 0.15) is 42.1 Å². The van der Waals surface area contributed by atoms with Gasteiger partial charge < -0.3 is 10.6 Å². The van der Waals surface area contributed by atoms with Gasteiger partial charge in [0.05, 0.1) is 18.3 Å². The van der Waals surface area contributed by atoms with Crippen LogP contribution in [-0.2, 0) is 6.54 Å². The van der Waals surface area contributed by atoms with Crippen LogP contribution in [0.3, 0.4) is 0 Å². The molecule has 1 saturated heterocycles. The van der Waals surface area contributed by atoms with E-state index in [1.807, 2.05) is 36.1 Å². The number of hydrogen-bond acceptors (Lipinski definition) is 3. The van der Waals surface area contributed by atoms with Crippen LogP contribution in [0.25, 0.3) is 0 Å². The number of carbonyl (C=O) groups is 1. The molecular formula is C18H23ClN4O. The molecule has 1 fully saturated rings. The molecule has 128 valence electrons. The zero-order valence-corrected chi connectivity index (χ0v) is 14.6. The highest BCUT2D eigenvalue weighted by Crippen LogP contribution is 2.22. The zero-order chi connectivity index (χ0) is 17.1. The van der Waals surface area contributed by atoms with E-state index in [4.69, 9.17) is 17.3 Å². The fourth-order valence-electron chi connectivity index (χ4n) is 3.28. The summed E-state index contributed by atoms with van der Waals surface area (Å²) in [4.78, 5) is 14.7. The number of piperidine rings is 1. The maximum Gasteiger partial charge on any atom is 0.257 e. The zero-order valence-electron chi connectivity index (χ0n) is 13.9. The van der Waals surface area contributed by atoms with Crippen molar-refractivity contribution in [3.8, 4) is 0 Å². The second-order valence-electron chi connectivity index (χ2n) is 6.44. The van der Waals surface area contributed by atoms with Gasteiger partial charge in [-0.05, 0) is 37.8 Å². The van der Waals surface area contributed by atoms with Crippen molar-refractivity contribution in [1.29, 1.82) is 0 Å². The van der Waals surface area contributed by atoms with Crippen LogP contribution in [0, 0.1) is 0 Å². The minimum Gasteiger partial charge on any atom is -0.334 e. The molecule has 1 amide bonds. The Morgan fingerprint density at radius 2 is 2.21 bits per heavy atom. The molecule has 0 bridgehead atoms. The molecule has 6 heteroatoms. The van der Waals surface area contributed by atoms with Crippen LogP contribution < -0.4 is 5.73 Å². The first-order valence-electron chi connectivity index (χ1n) is 8.38. The van der Waals surface area contributed by atoms with E-state index in [0.29, 0.717) is 17.1 Å². The van der Waals surface area contributed by atoms with Gasteiger partial charge in [-0.2, -0.15) is 5.10 Å². The third-order valence-corrected chi connectivity index (χ3v) is 4.96. The maximum absolute atomic E-state index is 12.8. The maximum atomic E-state index is 12.8. The molecule has 2 unspecified atom stereocenters. The molecule has 2 N–H and O–H groups in total. The smallest absolute Gasteiger partial charge is 0.257 e. The number of nitrogens with zero attached hydrogens (tertiary/aromatic N) is 3. The van der Waals surface area contributed by atoms with Crippen LogP contribution in [-0.4, -0.2) is 39.2 Å². The molecule has 1 aromatic heterocycles. The largest absolute Gasteiger partial charge is 0.334 e. The van der Waals surface area contributed by atoms with Gasteiger partial charge in [0, 0.05) is 29.8 Å². The Hall–Kier alpha value is -1.85. The summed E-state index contributed by atoms with van der Waals surface area (Å²) in [6.07, 6.45) is 6.55. The van der Waals surface area contributed by atoms with E-state index in [0.717, 1.165) is 31.4 Å². The van der Waals surface area contributed by atoms with Gasteiger partial charge in [-0.25, -0.2) is 0 Å². The van der Waals surface area contributed by atoms with Crippen molar-refractivity contribution in [2.75, 3.05) is 6.54 Å². The van der Waals surface area contributed by atoms with E-state index in [1.165, 1.54) is 0 Å². The highest BCUT2D eigenvalue weighted by molar-refractivity contribution is 6.31. The van der Waals surface area contributed by atoms with E-state index in [-0.39, 0.29) is 18.0 Å².